The third-order valence-electron chi connectivity index (χ3n) is 2.74. The Morgan fingerprint density at radius 3 is 2.68 bits per heavy atom. The van der Waals surface area contributed by atoms with Crippen molar-refractivity contribution in [2.45, 2.75) is 25.9 Å². The Labute approximate surface area is 111 Å². The first-order chi connectivity index (χ1) is 8.95. The maximum Gasteiger partial charge on any atom is 0.237 e. The van der Waals surface area contributed by atoms with E-state index in [0.29, 0.717) is 12.1 Å². The van der Waals surface area contributed by atoms with Crippen LogP contribution in [0.15, 0.2) is 30.9 Å². The minimum Gasteiger partial charge on any atom is -0.351 e. The van der Waals surface area contributed by atoms with Crippen molar-refractivity contribution in [2.24, 2.45) is 0 Å². The van der Waals surface area contributed by atoms with E-state index in [0.717, 1.165) is 6.07 Å². The topological polar surface area (TPSA) is 41.1 Å². The molecule has 0 aromatic heterocycles. The summed E-state index contributed by atoms with van der Waals surface area (Å²) in [6.07, 6.45) is 1.58. The molecule has 0 fully saturated rings. The highest BCUT2D eigenvalue weighted by atomic mass is 19.1. The van der Waals surface area contributed by atoms with Gasteiger partial charge in [0.2, 0.25) is 5.91 Å². The SMILES string of the molecule is C=CCNC(=O)C(C)NC(C)c1ccc(F)cc1F. The number of carbonyl (C=O) groups is 1. The molecule has 0 bridgehead atoms. The molecule has 0 radical (unpaired) electrons. The van der Waals surface area contributed by atoms with Gasteiger partial charge in [0.25, 0.3) is 0 Å². The van der Waals surface area contributed by atoms with E-state index in [1.165, 1.54) is 12.1 Å². The van der Waals surface area contributed by atoms with E-state index in [1.54, 1.807) is 19.9 Å². The van der Waals surface area contributed by atoms with Crippen LogP contribution in [0.4, 0.5) is 8.78 Å². The fourth-order valence-electron chi connectivity index (χ4n) is 1.72. The fraction of sp³-hybridized carbons (Fsp3) is 0.357. The van der Waals surface area contributed by atoms with E-state index in [9.17, 15) is 13.6 Å². The van der Waals surface area contributed by atoms with Gasteiger partial charge >= 0.3 is 0 Å². The summed E-state index contributed by atoms with van der Waals surface area (Å²) in [6.45, 7) is 7.27. The van der Waals surface area contributed by atoms with E-state index < -0.39 is 23.7 Å². The highest BCUT2D eigenvalue weighted by Gasteiger charge is 2.18. The summed E-state index contributed by atoms with van der Waals surface area (Å²) in [5.74, 6) is -1.45. The Morgan fingerprint density at radius 1 is 1.42 bits per heavy atom. The number of rotatable bonds is 6. The summed E-state index contributed by atoms with van der Waals surface area (Å²) in [6, 6.07) is 2.51. The average Bonchev–Trinajstić information content (AvgIpc) is 2.35. The molecule has 1 amide bonds. The molecular formula is C14H18F2N2O. The lowest BCUT2D eigenvalue weighted by molar-refractivity contribution is -0.122. The van der Waals surface area contributed by atoms with E-state index in [1.807, 2.05) is 0 Å². The van der Waals surface area contributed by atoms with Crippen LogP contribution in [-0.4, -0.2) is 18.5 Å². The van der Waals surface area contributed by atoms with Crippen LogP contribution in [0.1, 0.15) is 25.5 Å². The van der Waals surface area contributed by atoms with Crippen molar-refractivity contribution in [3.05, 3.63) is 48.1 Å². The van der Waals surface area contributed by atoms with Crippen molar-refractivity contribution in [3.63, 3.8) is 0 Å². The summed E-state index contributed by atoms with van der Waals surface area (Å²) in [4.78, 5) is 11.6. The molecule has 5 heteroatoms. The predicted molar refractivity (Wildman–Crippen MR) is 70.6 cm³/mol. The van der Waals surface area contributed by atoms with Crippen molar-refractivity contribution >= 4 is 5.91 Å². The maximum atomic E-state index is 13.6. The highest BCUT2D eigenvalue weighted by molar-refractivity contribution is 5.81. The number of hydrogen-bond acceptors (Lipinski definition) is 2. The summed E-state index contributed by atoms with van der Waals surface area (Å²) < 4.78 is 26.4. The van der Waals surface area contributed by atoms with Crippen molar-refractivity contribution in [1.82, 2.24) is 10.6 Å². The molecule has 1 aromatic carbocycles. The second-order valence-electron chi connectivity index (χ2n) is 4.31. The van der Waals surface area contributed by atoms with Gasteiger partial charge in [0.05, 0.1) is 6.04 Å². The molecule has 0 aliphatic rings. The molecule has 2 N–H and O–H groups in total. The Morgan fingerprint density at radius 2 is 2.11 bits per heavy atom. The van der Waals surface area contributed by atoms with Gasteiger partial charge in [-0.3, -0.25) is 10.1 Å². The van der Waals surface area contributed by atoms with Crippen LogP contribution >= 0.6 is 0 Å². The number of halogens is 2. The van der Waals surface area contributed by atoms with Crippen molar-refractivity contribution in [3.8, 4) is 0 Å². The van der Waals surface area contributed by atoms with Crippen LogP contribution in [0.2, 0.25) is 0 Å². The van der Waals surface area contributed by atoms with Crippen LogP contribution < -0.4 is 10.6 Å². The van der Waals surface area contributed by atoms with Gasteiger partial charge in [-0.2, -0.15) is 0 Å². The molecular weight excluding hydrogens is 250 g/mol. The van der Waals surface area contributed by atoms with Crippen molar-refractivity contribution < 1.29 is 13.6 Å². The summed E-state index contributed by atoms with van der Waals surface area (Å²) in [7, 11) is 0. The van der Waals surface area contributed by atoms with Gasteiger partial charge in [-0.25, -0.2) is 8.78 Å². The van der Waals surface area contributed by atoms with Gasteiger partial charge in [0.1, 0.15) is 11.6 Å². The summed E-state index contributed by atoms with van der Waals surface area (Å²) in [5.41, 5.74) is 0.324. The monoisotopic (exact) mass is 268 g/mol. The third-order valence-corrected chi connectivity index (χ3v) is 2.74. The van der Waals surface area contributed by atoms with Crippen molar-refractivity contribution in [1.29, 1.82) is 0 Å². The number of carbonyl (C=O) groups excluding carboxylic acids is 1. The zero-order valence-corrected chi connectivity index (χ0v) is 11.0. The lowest BCUT2D eigenvalue weighted by atomic mass is 10.1. The van der Waals surface area contributed by atoms with Gasteiger partial charge < -0.3 is 5.32 Å². The molecule has 19 heavy (non-hydrogen) atoms. The molecule has 0 heterocycles. The predicted octanol–water partition coefficient (Wildman–Crippen LogP) is 2.31. The van der Waals surface area contributed by atoms with E-state index in [4.69, 9.17) is 0 Å². The van der Waals surface area contributed by atoms with E-state index in [-0.39, 0.29) is 5.91 Å². The van der Waals surface area contributed by atoms with Crippen molar-refractivity contribution in [2.75, 3.05) is 6.54 Å². The quantitative estimate of drug-likeness (QED) is 0.777. The van der Waals surface area contributed by atoms with Gasteiger partial charge in [0.15, 0.2) is 0 Å². The van der Waals surface area contributed by atoms with Crippen LogP contribution in [-0.2, 0) is 4.79 Å². The Balaban J connectivity index is 2.65. The molecule has 0 aliphatic heterocycles. The van der Waals surface area contributed by atoms with Crippen LogP contribution in [0, 0.1) is 11.6 Å². The fourth-order valence-corrected chi connectivity index (χ4v) is 1.72. The molecule has 3 nitrogen and oxygen atoms in total. The Kier molecular flexibility index (Phi) is 5.63. The zero-order chi connectivity index (χ0) is 14.4. The molecule has 0 spiro atoms. The van der Waals surface area contributed by atoms with Crippen LogP contribution in [0.25, 0.3) is 0 Å². The first kappa shape index (κ1) is 15.3. The first-order valence-corrected chi connectivity index (χ1v) is 6.05. The second kappa shape index (κ2) is 6.99. The van der Waals surface area contributed by atoms with Crippen LogP contribution in [0.5, 0.6) is 0 Å². The Hall–Kier alpha value is -1.75. The number of benzene rings is 1. The lowest BCUT2D eigenvalue weighted by Crippen LogP contribution is -2.43. The summed E-state index contributed by atoms with van der Waals surface area (Å²) in [5, 5.41) is 5.60. The normalized spacial score (nSPS) is 13.7. The molecule has 1 aromatic rings. The summed E-state index contributed by atoms with van der Waals surface area (Å²) >= 11 is 0. The third kappa shape index (κ3) is 4.44. The molecule has 2 unspecified atom stereocenters. The number of nitrogens with one attached hydrogen (secondary N) is 2. The molecule has 1 rings (SSSR count). The van der Waals surface area contributed by atoms with E-state index >= 15 is 0 Å². The number of amides is 1. The molecule has 0 saturated heterocycles. The average molecular weight is 268 g/mol. The molecule has 0 saturated carbocycles. The smallest absolute Gasteiger partial charge is 0.237 e. The molecule has 2 atom stereocenters. The standard InChI is InChI=1S/C14H18F2N2O/c1-4-7-17-14(19)10(3)18-9(2)12-6-5-11(15)8-13(12)16/h4-6,8-10,18H,1,7H2,2-3H3,(H,17,19). The second-order valence-corrected chi connectivity index (χ2v) is 4.31. The van der Waals surface area contributed by atoms with E-state index in [2.05, 4.69) is 17.2 Å². The molecule has 0 aliphatic carbocycles. The first-order valence-electron chi connectivity index (χ1n) is 6.05. The Bertz CT molecular complexity index is 463. The molecule has 104 valence electrons. The zero-order valence-electron chi connectivity index (χ0n) is 11.0. The largest absolute Gasteiger partial charge is 0.351 e. The lowest BCUT2D eigenvalue weighted by Gasteiger charge is -2.20. The van der Waals surface area contributed by atoms with Gasteiger partial charge in [-0.05, 0) is 19.9 Å². The highest BCUT2D eigenvalue weighted by Crippen LogP contribution is 2.18. The number of hydrogen-bond donors (Lipinski definition) is 2. The minimum absolute atomic E-state index is 0.200. The van der Waals surface area contributed by atoms with Gasteiger partial charge in [-0.15, -0.1) is 6.58 Å². The van der Waals surface area contributed by atoms with Gasteiger partial charge in [-0.1, -0.05) is 12.1 Å². The van der Waals surface area contributed by atoms with Crippen LogP contribution in [0.3, 0.4) is 0 Å². The van der Waals surface area contributed by atoms with Gasteiger partial charge in [0, 0.05) is 24.2 Å². The minimum atomic E-state index is -0.626. The maximum absolute atomic E-state index is 13.6.